The molecular weight excluding hydrogens is 307 g/mol. The number of fused-ring (bicyclic) bond motifs is 1. The molecule has 2 saturated heterocycles. The number of amides is 1. The van der Waals surface area contributed by atoms with E-state index in [1.807, 2.05) is 17.9 Å². The first-order valence-corrected chi connectivity index (χ1v) is 7.54. The van der Waals surface area contributed by atoms with E-state index in [1.54, 1.807) is 12.1 Å². The third-order valence-electron chi connectivity index (χ3n) is 4.50. The summed E-state index contributed by atoms with van der Waals surface area (Å²) in [6, 6.07) is 6.57. The summed E-state index contributed by atoms with van der Waals surface area (Å²) in [6.45, 7) is 5.04. The Morgan fingerprint density at radius 2 is 2.27 bits per heavy atom. The summed E-state index contributed by atoms with van der Waals surface area (Å²) in [5.74, 6) is 0.556. The van der Waals surface area contributed by atoms with Gasteiger partial charge in [0.1, 0.15) is 12.4 Å². The molecule has 0 radical (unpaired) electrons. The number of ether oxygens (including phenoxy) is 1. The standard InChI is InChI=1S/C16H21FN2O2.ClH/c1-2-21-10-15(20)19-9-12-7-18-8-14(12)16(19)11-4-3-5-13(17)6-11;/h3-6,12,14,16,18H,2,7-10H2,1H3;1H/t12-,14-,16+;/m0./s1. The van der Waals surface area contributed by atoms with E-state index in [9.17, 15) is 9.18 Å². The van der Waals surface area contributed by atoms with Crippen LogP contribution in [0.15, 0.2) is 24.3 Å². The van der Waals surface area contributed by atoms with Gasteiger partial charge in [0, 0.05) is 32.2 Å². The van der Waals surface area contributed by atoms with Gasteiger partial charge >= 0.3 is 0 Å². The maximum absolute atomic E-state index is 13.6. The maximum Gasteiger partial charge on any atom is 0.249 e. The number of likely N-dealkylation sites (tertiary alicyclic amines) is 1. The Morgan fingerprint density at radius 1 is 1.45 bits per heavy atom. The van der Waals surface area contributed by atoms with Crippen molar-refractivity contribution in [3.8, 4) is 0 Å². The first-order chi connectivity index (χ1) is 10.2. The van der Waals surface area contributed by atoms with E-state index in [4.69, 9.17) is 4.74 Å². The Kier molecular flexibility index (Phi) is 5.78. The van der Waals surface area contributed by atoms with Crippen LogP contribution in [0.2, 0.25) is 0 Å². The second-order valence-electron chi connectivity index (χ2n) is 5.77. The first-order valence-electron chi connectivity index (χ1n) is 7.54. The Hall–Kier alpha value is -1.17. The fraction of sp³-hybridized carbons (Fsp3) is 0.562. The summed E-state index contributed by atoms with van der Waals surface area (Å²) in [5.41, 5.74) is 0.885. The van der Waals surface area contributed by atoms with Crippen molar-refractivity contribution in [2.75, 3.05) is 32.8 Å². The monoisotopic (exact) mass is 328 g/mol. The fourth-order valence-electron chi connectivity index (χ4n) is 3.57. The van der Waals surface area contributed by atoms with Crippen molar-refractivity contribution >= 4 is 18.3 Å². The third kappa shape index (κ3) is 3.26. The van der Waals surface area contributed by atoms with Crippen molar-refractivity contribution in [2.24, 2.45) is 11.8 Å². The summed E-state index contributed by atoms with van der Waals surface area (Å²) in [6.07, 6.45) is 0. The molecule has 0 bridgehead atoms. The van der Waals surface area contributed by atoms with Crippen LogP contribution in [-0.2, 0) is 9.53 Å². The van der Waals surface area contributed by atoms with Crippen LogP contribution >= 0.6 is 12.4 Å². The van der Waals surface area contributed by atoms with Crippen LogP contribution in [0.5, 0.6) is 0 Å². The molecule has 1 aromatic carbocycles. The molecule has 0 saturated carbocycles. The Bertz CT molecular complexity index is 529. The molecule has 4 nitrogen and oxygen atoms in total. The molecule has 0 spiro atoms. The molecule has 22 heavy (non-hydrogen) atoms. The van der Waals surface area contributed by atoms with E-state index in [1.165, 1.54) is 6.07 Å². The number of halogens is 2. The molecule has 1 aromatic rings. The minimum Gasteiger partial charge on any atom is -0.372 e. The minimum absolute atomic E-state index is 0. The summed E-state index contributed by atoms with van der Waals surface area (Å²) < 4.78 is 18.8. The lowest BCUT2D eigenvalue weighted by atomic mass is 9.89. The predicted molar refractivity (Wildman–Crippen MR) is 84.4 cm³/mol. The topological polar surface area (TPSA) is 41.6 Å². The van der Waals surface area contributed by atoms with Gasteiger partial charge in [-0.05, 0) is 30.5 Å². The number of hydrogen-bond donors (Lipinski definition) is 1. The van der Waals surface area contributed by atoms with Crippen LogP contribution in [-0.4, -0.2) is 43.7 Å². The zero-order valence-electron chi connectivity index (χ0n) is 12.6. The summed E-state index contributed by atoms with van der Waals surface area (Å²) in [5, 5.41) is 3.38. The molecule has 1 amide bonds. The van der Waals surface area contributed by atoms with Crippen LogP contribution in [0.4, 0.5) is 4.39 Å². The molecule has 6 heteroatoms. The SMILES string of the molecule is CCOCC(=O)N1C[C@@H]2CNC[C@@H]2[C@H]1c1cccc(F)c1.Cl. The molecule has 2 heterocycles. The Balaban J connectivity index is 0.00000176. The highest BCUT2D eigenvalue weighted by atomic mass is 35.5. The van der Waals surface area contributed by atoms with Gasteiger partial charge in [-0.25, -0.2) is 4.39 Å². The van der Waals surface area contributed by atoms with E-state index >= 15 is 0 Å². The van der Waals surface area contributed by atoms with Crippen molar-refractivity contribution in [1.29, 1.82) is 0 Å². The molecule has 0 aromatic heterocycles. The quantitative estimate of drug-likeness (QED) is 0.919. The van der Waals surface area contributed by atoms with Crippen LogP contribution in [0.25, 0.3) is 0 Å². The maximum atomic E-state index is 13.6. The van der Waals surface area contributed by atoms with Crippen molar-refractivity contribution in [3.63, 3.8) is 0 Å². The van der Waals surface area contributed by atoms with Crippen LogP contribution in [0.3, 0.4) is 0 Å². The molecule has 122 valence electrons. The smallest absolute Gasteiger partial charge is 0.249 e. The molecule has 3 atom stereocenters. The Morgan fingerprint density at radius 3 is 3.00 bits per heavy atom. The average Bonchev–Trinajstić information content (AvgIpc) is 3.04. The molecule has 2 aliphatic heterocycles. The molecule has 0 unspecified atom stereocenters. The van der Waals surface area contributed by atoms with Gasteiger partial charge in [-0.3, -0.25) is 4.79 Å². The zero-order chi connectivity index (χ0) is 14.8. The van der Waals surface area contributed by atoms with Gasteiger partial charge in [0.05, 0.1) is 6.04 Å². The first kappa shape index (κ1) is 17.2. The molecule has 2 aliphatic rings. The van der Waals surface area contributed by atoms with Gasteiger partial charge in [-0.15, -0.1) is 12.4 Å². The number of carbonyl (C=O) groups is 1. The van der Waals surface area contributed by atoms with E-state index in [2.05, 4.69) is 5.32 Å². The van der Waals surface area contributed by atoms with Crippen molar-refractivity contribution < 1.29 is 13.9 Å². The van der Waals surface area contributed by atoms with E-state index in [0.717, 1.165) is 25.2 Å². The fourth-order valence-corrected chi connectivity index (χ4v) is 3.57. The normalized spacial score (nSPS) is 26.6. The molecule has 2 fully saturated rings. The number of carbonyl (C=O) groups excluding carboxylic acids is 1. The number of hydrogen-bond acceptors (Lipinski definition) is 3. The average molecular weight is 329 g/mol. The van der Waals surface area contributed by atoms with Crippen molar-refractivity contribution in [1.82, 2.24) is 10.2 Å². The highest BCUT2D eigenvalue weighted by Crippen LogP contribution is 2.42. The lowest BCUT2D eigenvalue weighted by Gasteiger charge is -2.28. The van der Waals surface area contributed by atoms with E-state index < -0.39 is 0 Å². The minimum atomic E-state index is -0.251. The van der Waals surface area contributed by atoms with Gasteiger partial charge in [-0.2, -0.15) is 0 Å². The van der Waals surface area contributed by atoms with Gasteiger partial charge in [-0.1, -0.05) is 12.1 Å². The number of benzene rings is 1. The van der Waals surface area contributed by atoms with E-state index in [0.29, 0.717) is 18.4 Å². The Labute approximate surface area is 136 Å². The highest BCUT2D eigenvalue weighted by Gasteiger charge is 2.46. The largest absolute Gasteiger partial charge is 0.372 e. The van der Waals surface area contributed by atoms with Crippen LogP contribution < -0.4 is 5.32 Å². The van der Waals surface area contributed by atoms with Crippen LogP contribution in [0.1, 0.15) is 18.5 Å². The van der Waals surface area contributed by atoms with Crippen molar-refractivity contribution in [2.45, 2.75) is 13.0 Å². The summed E-state index contributed by atoms with van der Waals surface area (Å²) in [4.78, 5) is 14.3. The molecule has 0 aliphatic carbocycles. The summed E-state index contributed by atoms with van der Waals surface area (Å²) in [7, 11) is 0. The van der Waals surface area contributed by atoms with Crippen LogP contribution in [0, 0.1) is 17.7 Å². The zero-order valence-corrected chi connectivity index (χ0v) is 13.4. The van der Waals surface area contributed by atoms with Gasteiger partial charge in [0.15, 0.2) is 0 Å². The lowest BCUT2D eigenvalue weighted by Crippen LogP contribution is -2.37. The molecule has 3 rings (SSSR count). The molecule has 1 N–H and O–H groups in total. The van der Waals surface area contributed by atoms with Gasteiger partial charge in [0.25, 0.3) is 0 Å². The number of nitrogens with one attached hydrogen (secondary N) is 1. The second-order valence-corrected chi connectivity index (χ2v) is 5.77. The highest BCUT2D eigenvalue weighted by molar-refractivity contribution is 5.85. The molecular formula is C16H22ClFN2O2. The predicted octanol–water partition coefficient (Wildman–Crippen LogP) is 2.00. The third-order valence-corrected chi connectivity index (χ3v) is 4.50. The number of nitrogens with zero attached hydrogens (tertiary/aromatic N) is 1. The van der Waals surface area contributed by atoms with Gasteiger partial charge in [0.2, 0.25) is 5.91 Å². The van der Waals surface area contributed by atoms with Gasteiger partial charge < -0.3 is 15.0 Å². The van der Waals surface area contributed by atoms with E-state index in [-0.39, 0.29) is 36.8 Å². The lowest BCUT2D eigenvalue weighted by molar-refractivity contribution is -0.137. The second kappa shape index (κ2) is 7.40. The number of rotatable bonds is 4. The van der Waals surface area contributed by atoms with Crippen molar-refractivity contribution in [3.05, 3.63) is 35.6 Å². The summed E-state index contributed by atoms with van der Waals surface area (Å²) >= 11 is 0.